The van der Waals surface area contributed by atoms with Crippen molar-refractivity contribution in [3.63, 3.8) is 0 Å². The molecule has 17 heavy (non-hydrogen) atoms. The van der Waals surface area contributed by atoms with Gasteiger partial charge in [-0.1, -0.05) is 0 Å². The normalized spacial score (nSPS) is 11.3. The first-order valence-electron chi connectivity index (χ1n) is 3.93. The van der Waals surface area contributed by atoms with Crippen LogP contribution in [-0.4, -0.2) is 21.4 Å². The highest BCUT2D eigenvalue weighted by molar-refractivity contribution is 6.16. The average molecular weight is 273 g/mol. The van der Waals surface area contributed by atoms with Crippen molar-refractivity contribution in [3.05, 3.63) is 21.9 Å². The minimum atomic E-state index is -5.12. The predicted molar refractivity (Wildman–Crippen MR) is 48.8 cm³/mol. The van der Waals surface area contributed by atoms with Gasteiger partial charge in [-0.15, -0.1) is 24.8 Å². The third kappa shape index (κ3) is 3.34. The molecule has 0 bridgehead atoms. The van der Waals surface area contributed by atoms with Gasteiger partial charge in [-0.2, -0.15) is 0 Å². The van der Waals surface area contributed by atoms with Crippen LogP contribution in [0.4, 0.5) is 18.9 Å². The lowest BCUT2D eigenvalue weighted by molar-refractivity contribution is -0.386. The van der Waals surface area contributed by atoms with E-state index in [0.717, 1.165) is 6.07 Å². The summed E-state index contributed by atoms with van der Waals surface area (Å²) in [6.07, 6.45) is -5.12. The maximum Gasteiger partial charge on any atom is 0.574 e. The molecule has 0 aliphatic rings. The van der Waals surface area contributed by atoms with Crippen molar-refractivity contribution in [1.29, 1.82) is 0 Å². The summed E-state index contributed by atoms with van der Waals surface area (Å²) in [6.45, 7) is 0. The molecule has 1 rings (SSSR count). The quantitative estimate of drug-likeness (QED) is 0.518. The molecular weight excluding hydrogens is 269 g/mol. The van der Waals surface area contributed by atoms with E-state index in [2.05, 4.69) is 9.72 Å². The smallest absolute Gasteiger partial charge is 0.498 e. The Kier molecular flexibility index (Phi) is 3.61. The largest absolute Gasteiger partial charge is 0.574 e. The SMILES string of the molecule is O=[N+]([O-])c1cc(CCl)nc(OC(F)(F)F)c1O. The number of pyridine rings is 1. The number of hydrogen-bond donors (Lipinski definition) is 1. The summed E-state index contributed by atoms with van der Waals surface area (Å²) in [7, 11) is 0. The van der Waals surface area contributed by atoms with Gasteiger partial charge in [0, 0.05) is 6.07 Å². The summed E-state index contributed by atoms with van der Waals surface area (Å²) in [4.78, 5) is 12.6. The number of halogens is 4. The zero-order chi connectivity index (χ0) is 13.2. The van der Waals surface area contributed by atoms with Crippen molar-refractivity contribution in [2.45, 2.75) is 12.2 Å². The standard InChI is InChI=1S/C7H4ClF3N2O4/c8-2-3-1-4(13(15)16)5(14)6(12-3)17-7(9,10)11/h1,14H,2H2. The van der Waals surface area contributed by atoms with E-state index < -0.39 is 28.6 Å². The average Bonchev–Trinajstić information content (AvgIpc) is 2.18. The molecule has 1 aromatic rings. The van der Waals surface area contributed by atoms with Gasteiger partial charge in [0.25, 0.3) is 11.6 Å². The van der Waals surface area contributed by atoms with Crippen LogP contribution >= 0.6 is 11.6 Å². The second kappa shape index (κ2) is 4.62. The maximum absolute atomic E-state index is 11.9. The van der Waals surface area contributed by atoms with Crippen LogP contribution in [0.5, 0.6) is 11.6 Å². The van der Waals surface area contributed by atoms with Gasteiger partial charge in [0.2, 0.25) is 0 Å². The first-order valence-corrected chi connectivity index (χ1v) is 4.47. The lowest BCUT2D eigenvalue weighted by Gasteiger charge is -2.10. The Bertz CT molecular complexity index is 451. The highest BCUT2D eigenvalue weighted by Crippen LogP contribution is 2.37. The van der Waals surface area contributed by atoms with Crippen LogP contribution in [0.25, 0.3) is 0 Å². The zero-order valence-corrected chi connectivity index (χ0v) is 8.62. The van der Waals surface area contributed by atoms with Crippen LogP contribution in [0.2, 0.25) is 0 Å². The lowest BCUT2D eigenvalue weighted by atomic mass is 10.3. The van der Waals surface area contributed by atoms with Gasteiger partial charge in [-0.05, 0) is 0 Å². The van der Waals surface area contributed by atoms with Gasteiger partial charge in [0.05, 0.1) is 16.5 Å². The Morgan fingerprint density at radius 1 is 1.59 bits per heavy atom. The van der Waals surface area contributed by atoms with E-state index in [1.54, 1.807) is 0 Å². The number of aromatic hydroxyl groups is 1. The van der Waals surface area contributed by atoms with Crippen LogP contribution in [0.1, 0.15) is 5.69 Å². The highest BCUT2D eigenvalue weighted by atomic mass is 35.5. The van der Waals surface area contributed by atoms with Crippen LogP contribution in [0.15, 0.2) is 6.07 Å². The molecule has 1 N–H and O–H groups in total. The van der Waals surface area contributed by atoms with Gasteiger partial charge in [-0.25, -0.2) is 4.98 Å². The number of ether oxygens (including phenoxy) is 1. The van der Waals surface area contributed by atoms with E-state index in [4.69, 9.17) is 11.6 Å². The van der Waals surface area contributed by atoms with E-state index in [1.165, 1.54) is 0 Å². The fourth-order valence-electron chi connectivity index (χ4n) is 0.940. The summed E-state index contributed by atoms with van der Waals surface area (Å²) < 4.78 is 39.1. The molecule has 0 saturated carbocycles. The Morgan fingerprint density at radius 3 is 2.59 bits per heavy atom. The minimum absolute atomic E-state index is 0.226. The molecule has 1 heterocycles. The molecule has 1 aromatic heterocycles. The topological polar surface area (TPSA) is 85.5 Å². The third-order valence-corrected chi connectivity index (χ3v) is 1.81. The minimum Gasteiger partial charge on any atom is -0.498 e. The molecule has 6 nitrogen and oxygen atoms in total. The van der Waals surface area contributed by atoms with E-state index >= 15 is 0 Å². The van der Waals surface area contributed by atoms with Gasteiger partial charge in [0.15, 0.2) is 0 Å². The highest BCUT2D eigenvalue weighted by Gasteiger charge is 2.35. The number of alkyl halides is 4. The molecule has 94 valence electrons. The van der Waals surface area contributed by atoms with Crippen LogP contribution in [0.3, 0.4) is 0 Å². The van der Waals surface area contributed by atoms with Crippen molar-refractivity contribution < 1.29 is 27.9 Å². The summed E-state index contributed by atoms with van der Waals surface area (Å²) >= 11 is 5.30. The number of hydrogen-bond acceptors (Lipinski definition) is 5. The molecule has 0 atom stereocenters. The van der Waals surface area contributed by atoms with Gasteiger partial charge < -0.3 is 9.84 Å². The van der Waals surface area contributed by atoms with E-state index in [9.17, 15) is 28.4 Å². The monoisotopic (exact) mass is 272 g/mol. The molecule has 0 aliphatic heterocycles. The fraction of sp³-hybridized carbons (Fsp3) is 0.286. The summed E-state index contributed by atoms with van der Waals surface area (Å²) in [5.74, 6) is -2.97. The number of nitrogens with zero attached hydrogens (tertiary/aromatic N) is 2. The predicted octanol–water partition coefficient (Wildman–Crippen LogP) is 2.33. The molecule has 0 fully saturated rings. The van der Waals surface area contributed by atoms with Crippen molar-refractivity contribution in [3.8, 4) is 11.6 Å². The summed E-state index contributed by atoms with van der Waals surface area (Å²) in [5.41, 5.74) is -1.19. The number of rotatable bonds is 3. The fourth-order valence-corrected chi connectivity index (χ4v) is 1.08. The molecule has 0 unspecified atom stereocenters. The molecule has 0 amide bonds. The van der Waals surface area contributed by atoms with E-state index in [1.807, 2.05) is 0 Å². The van der Waals surface area contributed by atoms with Crippen molar-refractivity contribution in [1.82, 2.24) is 4.98 Å². The maximum atomic E-state index is 11.9. The second-order valence-corrected chi connectivity index (χ2v) is 2.99. The number of aromatic nitrogens is 1. The Balaban J connectivity index is 3.29. The van der Waals surface area contributed by atoms with Crippen LogP contribution < -0.4 is 4.74 Å². The summed E-state index contributed by atoms with van der Waals surface area (Å²) in [5, 5.41) is 19.6. The van der Waals surface area contributed by atoms with Gasteiger partial charge in [0.1, 0.15) is 0 Å². The number of nitro groups is 1. The van der Waals surface area contributed by atoms with Gasteiger partial charge in [-0.3, -0.25) is 10.1 Å². The molecule has 0 aromatic carbocycles. The van der Waals surface area contributed by atoms with E-state index in [0.29, 0.717) is 0 Å². The first-order chi connectivity index (χ1) is 7.74. The van der Waals surface area contributed by atoms with Crippen molar-refractivity contribution >= 4 is 17.3 Å². The molecule has 0 aliphatic carbocycles. The molecule has 10 heteroatoms. The van der Waals surface area contributed by atoms with Crippen molar-refractivity contribution in [2.75, 3.05) is 0 Å². The third-order valence-electron chi connectivity index (χ3n) is 1.54. The Hall–Kier alpha value is -1.77. The van der Waals surface area contributed by atoms with Crippen LogP contribution in [0, 0.1) is 10.1 Å². The lowest BCUT2D eigenvalue weighted by Crippen LogP contribution is -2.18. The summed E-state index contributed by atoms with van der Waals surface area (Å²) in [6, 6.07) is 0.756. The molecule has 0 spiro atoms. The van der Waals surface area contributed by atoms with E-state index in [-0.39, 0.29) is 11.6 Å². The Labute approximate surface area is 96.7 Å². The first kappa shape index (κ1) is 13.3. The van der Waals surface area contributed by atoms with Crippen LogP contribution in [-0.2, 0) is 5.88 Å². The molecular formula is C7H4ClF3N2O4. The van der Waals surface area contributed by atoms with Gasteiger partial charge >= 0.3 is 12.0 Å². The Morgan fingerprint density at radius 2 is 2.18 bits per heavy atom. The second-order valence-electron chi connectivity index (χ2n) is 2.73. The zero-order valence-electron chi connectivity index (χ0n) is 7.86. The van der Waals surface area contributed by atoms with Crippen molar-refractivity contribution in [2.24, 2.45) is 0 Å². The molecule has 0 radical (unpaired) electrons. The molecule has 0 saturated heterocycles.